The van der Waals surface area contributed by atoms with Gasteiger partial charge < -0.3 is 19.7 Å². The first-order valence-corrected chi connectivity index (χ1v) is 7.12. The van der Waals surface area contributed by atoms with Gasteiger partial charge in [0, 0.05) is 13.1 Å². The van der Waals surface area contributed by atoms with Crippen molar-refractivity contribution in [3.63, 3.8) is 0 Å². The second kappa shape index (κ2) is 8.88. The van der Waals surface area contributed by atoms with Crippen LogP contribution in [-0.4, -0.2) is 51.2 Å². The van der Waals surface area contributed by atoms with Gasteiger partial charge in [0.15, 0.2) is 11.5 Å². The number of methoxy groups -OCH3 is 1. The monoisotopic (exact) mass is 350 g/mol. The van der Waals surface area contributed by atoms with Gasteiger partial charge in [-0.1, -0.05) is 6.07 Å². The van der Waals surface area contributed by atoms with Crippen LogP contribution in [0.15, 0.2) is 18.2 Å². The SMILES string of the molecule is CNCC1CCN(C(=O)c2cccc(OC)c2OC(F)F)C1.Cl. The number of para-hydroxylation sites is 1. The number of rotatable bonds is 6. The Bertz CT molecular complexity index is 531. The first-order valence-electron chi connectivity index (χ1n) is 7.12. The summed E-state index contributed by atoms with van der Waals surface area (Å²) in [5.41, 5.74) is 0.102. The first-order chi connectivity index (χ1) is 10.6. The van der Waals surface area contributed by atoms with Crippen molar-refractivity contribution in [3.8, 4) is 11.5 Å². The minimum atomic E-state index is -3.02. The Kier molecular flexibility index (Phi) is 7.51. The van der Waals surface area contributed by atoms with Crippen molar-refractivity contribution in [2.45, 2.75) is 13.0 Å². The predicted octanol–water partition coefficient (Wildman–Crippen LogP) is 2.40. The molecule has 1 fully saturated rings. The van der Waals surface area contributed by atoms with E-state index in [4.69, 9.17) is 4.74 Å². The van der Waals surface area contributed by atoms with Crippen molar-refractivity contribution in [2.24, 2.45) is 5.92 Å². The second-order valence-electron chi connectivity index (χ2n) is 5.18. The summed E-state index contributed by atoms with van der Waals surface area (Å²) >= 11 is 0. The molecule has 1 unspecified atom stereocenters. The third-order valence-corrected chi connectivity index (χ3v) is 3.70. The molecule has 130 valence electrons. The molecule has 0 spiro atoms. The lowest BCUT2D eigenvalue weighted by Crippen LogP contribution is -2.30. The number of ether oxygens (including phenoxy) is 2. The van der Waals surface area contributed by atoms with Gasteiger partial charge in [-0.15, -0.1) is 12.4 Å². The topological polar surface area (TPSA) is 50.8 Å². The van der Waals surface area contributed by atoms with Crippen LogP contribution in [0.2, 0.25) is 0 Å². The summed E-state index contributed by atoms with van der Waals surface area (Å²) in [6.07, 6.45) is 0.890. The number of hydrogen-bond donors (Lipinski definition) is 1. The van der Waals surface area contributed by atoms with E-state index in [0.717, 1.165) is 13.0 Å². The van der Waals surface area contributed by atoms with Crippen molar-refractivity contribution in [1.82, 2.24) is 10.2 Å². The van der Waals surface area contributed by atoms with Crippen LogP contribution in [-0.2, 0) is 0 Å². The van der Waals surface area contributed by atoms with Crippen LogP contribution < -0.4 is 14.8 Å². The van der Waals surface area contributed by atoms with E-state index in [1.54, 1.807) is 11.0 Å². The van der Waals surface area contributed by atoms with E-state index in [0.29, 0.717) is 19.0 Å². The number of amides is 1. The normalized spacial score (nSPS) is 17.1. The van der Waals surface area contributed by atoms with Gasteiger partial charge in [0.1, 0.15) is 0 Å². The van der Waals surface area contributed by atoms with Gasteiger partial charge >= 0.3 is 6.61 Å². The summed E-state index contributed by atoms with van der Waals surface area (Å²) in [5.74, 6) is -0.0219. The lowest BCUT2D eigenvalue weighted by atomic mass is 10.1. The van der Waals surface area contributed by atoms with Crippen LogP contribution in [0.3, 0.4) is 0 Å². The zero-order valence-corrected chi connectivity index (χ0v) is 13.9. The molecule has 1 aromatic carbocycles. The molecule has 0 aliphatic carbocycles. The Hall–Kier alpha value is -1.60. The highest BCUT2D eigenvalue weighted by Gasteiger charge is 2.29. The standard InChI is InChI=1S/C15H20F2N2O3.ClH/c1-18-8-10-6-7-19(9-10)14(20)11-4-3-5-12(21-2)13(11)22-15(16)17;/h3-5,10,15,18H,6-9H2,1-2H3;1H. The molecule has 0 aromatic heterocycles. The number of nitrogens with one attached hydrogen (secondary N) is 1. The fraction of sp³-hybridized carbons (Fsp3) is 0.533. The summed E-state index contributed by atoms with van der Waals surface area (Å²) in [6.45, 7) is -0.984. The van der Waals surface area contributed by atoms with Gasteiger partial charge in [-0.05, 0) is 38.1 Å². The van der Waals surface area contributed by atoms with E-state index in [9.17, 15) is 13.6 Å². The molecule has 2 rings (SSSR count). The number of nitrogens with zero attached hydrogens (tertiary/aromatic N) is 1. The Balaban J connectivity index is 0.00000264. The molecule has 1 N–H and O–H groups in total. The summed E-state index contributed by atoms with van der Waals surface area (Å²) in [4.78, 5) is 14.3. The minimum Gasteiger partial charge on any atom is -0.493 e. The van der Waals surface area contributed by atoms with Crippen LogP contribution in [0.1, 0.15) is 16.8 Å². The molecule has 5 nitrogen and oxygen atoms in total. The molecule has 1 aromatic rings. The highest BCUT2D eigenvalue weighted by molar-refractivity contribution is 5.98. The molecular weight excluding hydrogens is 330 g/mol. The Morgan fingerprint density at radius 1 is 1.48 bits per heavy atom. The largest absolute Gasteiger partial charge is 0.493 e. The van der Waals surface area contributed by atoms with Crippen LogP contribution in [0, 0.1) is 5.92 Å². The molecule has 1 atom stereocenters. The lowest BCUT2D eigenvalue weighted by molar-refractivity contribution is -0.0516. The molecular formula is C15H21ClF2N2O3. The molecule has 1 amide bonds. The zero-order chi connectivity index (χ0) is 16.1. The van der Waals surface area contributed by atoms with Crippen molar-refractivity contribution in [2.75, 3.05) is 33.8 Å². The van der Waals surface area contributed by atoms with Crippen LogP contribution in [0.25, 0.3) is 0 Å². The molecule has 0 radical (unpaired) electrons. The van der Waals surface area contributed by atoms with E-state index in [1.165, 1.54) is 19.2 Å². The molecule has 23 heavy (non-hydrogen) atoms. The van der Waals surface area contributed by atoms with E-state index in [-0.39, 0.29) is 35.4 Å². The van der Waals surface area contributed by atoms with E-state index in [1.807, 2.05) is 7.05 Å². The zero-order valence-electron chi connectivity index (χ0n) is 13.1. The molecule has 8 heteroatoms. The van der Waals surface area contributed by atoms with Gasteiger partial charge in [0.2, 0.25) is 0 Å². The van der Waals surface area contributed by atoms with Crippen molar-refractivity contribution in [1.29, 1.82) is 0 Å². The lowest BCUT2D eigenvalue weighted by Gasteiger charge is -2.20. The first kappa shape index (κ1) is 19.4. The number of carbonyl (C=O) groups is 1. The second-order valence-corrected chi connectivity index (χ2v) is 5.18. The predicted molar refractivity (Wildman–Crippen MR) is 84.8 cm³/mol. The average molecular weight is 351 g/mol. The summed E-state index contributed by atoms with van der Waals surface area (Å²) in [7, 11) is 3.21. The minimum absolute atomic E-state index is 0. The third kappa shape index (κ3) is 4.68. The highest BCUT2D eigenvalue weighted by atomic mass is 35.5. The maximum Gasteiger partial charge on any atom is 0.387 e. The van der Waals surface area contributed by atoms with Crippen LogP contribution in [0.4, 0.5) is 8.78 Å². The Labute approximate surface area is 140 Å². The third-order valence-electron chi connectivity index (χ3n) is 3.70. The van der Waals surface area contributed by atoms with E-state index >= 15 is 0 Å². The maximum atomic E-state index is 12.6. The van der Waals surface area contributed by atoms with Crippen LogP contribution in [0.5, 0.6) is 11.5 Å². The van der Waals surface area contributed by atoms with Gasteiger partial charge in [-0.3, -0.25) is 4.79 Å². The van der Waals surface area contributed by atoms with Crippen molar-refractivity contribution in [3.05, 3.63) is 23.8 Å². The number of alkyl halides is 2. The van der Waals surface area contributed by atoms with E-state index in [2.05, 4.69) is 10.1 Å². The fourth-order valence-electron chi connectivity index (χ4n) is 2.70. The quantitative estimate of drug-likeness (QED) is 0.856. The molecule has 1 heterocycles. The molecule has 0 bridgehead atoms. The maximum absolute atomic E-state index is 12.6. The average Bonchev–Trinajstić information content (AvgIpc) is 2.95. The highest BCUT2D eigenvalue weighted by Crippen LogP contribution is 2.34. The Morgan fingerprint density at radius 3 is 2.83 bits per heavy atom. The number of halogens is 3. The van der Waals surface area contributed by atoms with Gasteiger partial charge in [0.05, 0.1) is 12.7 Å². The van der Waals surface area contributed by atoms with Crippen LogP contribution >= 0.6 is 12.4 Å². The summed E-state index contributed by atoms with van der Waals surface area (Å²) < 4.78 is 34.7. The van der Waals surface area contributed by atoms with Gasteiger partial charge in [-0.25, -0.2) is 0 Å². The number of likely N-dealkylation sites (tertiary alicyclic amines) is 1. The molecule has 0 saturated carbocycles. The number of hydrogen-bond acceptors (Lipinski definition) is 4. The Morgan fingerprint density at radius 2 is 2.22 bits per heavy atom. The van der Waals surface area contributed by atoms with Gasteiger partial charge in [-0.2, -0.15) is 8.78 Å². The summed E-state index contributed by atoms with van der Waals surface area (Å²) in [6, 6.07) is 4.56. The number of benzene rings is 1. The van der Waals surface area contributed by atoms with Crippen molar-refractivity contribution < 1.29 is 23.0 Å². The van der Waals surface area contributed by atoms with Gasteiger partial charge in [0.25, 0.3) is 5.91 Å². The van der Waals surface area contributed by atoms with Crippen molar-refractivity contribution >= 4 is 18.3 Å². The van der Waals surface area contributed by atoms with E-state index < -0.39 is 6.61 Å². The fourth-order valence-corrected chi connectivity index (χ4v) is 2.70. The molecule has 1 saturated heterocycles. The smallest absolute Gasteiger partial charge is 0.387 e. The number of carbonyl (C=O) groups excluding carboxylic acids is 1. The molecule has 1 aliphatic rings. The molecule has 1 aliphatic heterocycles. The summed E-state index contributed by atoms with van der Waals surface area (Å²) in [5, 5.41) is 3.08.